The van der Waals surface area contributed by atoms with Crippen molar-refractivity contribution in [1.82, 2.24) is 5.32 Å². The van der Waals surface area contributed by atoms with Crippen LogP contribution in [0.2, 0.25) is 0 Å². The molecule has 0 bridgehead atoms. The summed E-state index contributed by atoms with van der Waals surface area (Å²) in [6.45, 7) is 8.56. The maximum absolute atomic E-state index is 3.84. The van der Waals surface area contributed by atoms with Crippen LogP contribution in [0.3, 0.4) is 0 Å². The summed E-state index contributed by atoms with van der Waals surface area (Å²) in [5.41, 5.74) is 0.543. The van der Waals surface area contributed by atoms with Crippen molar-refractivity contribution in [2.24, 2.45) is 17.3 Å². The number of hydrogen-bond donors (Lipinski definition) is 1. The van der Waals surface area contributed by atoms with Crippen LogP contribution < -0.4 is 5.32 Å². The van der Waals surface area contributed by atoms with Gasteiger partial charge >= 0.3 is 0 Å². The Bertz CT molecular complexity index is 209. The lowest BCUT2D eigenvalue weighted by molar-refractivity contribution is 0.261. The first-order chi connectivity index (χ1) is 7.09. The van der Waals surface area contributed by atoms with E-state index in [0.29, 0.717) is 5.41 Å². The molecule has 0 spiro atoms. The van der Waals surface area contributed by atoms with Crippen LogP contribution in [0, 0.1) is 17.3 Å². The summed E-state index contributed by atoms with van der Waals surface area (Å²) in [5, 5.41) is 3.84. The molecule has 2 aliphatic carbocycles. The Balaban J connectivity index is 1.78. The van der Waals surface area contributed by atoms with Gasteiger partial charge < -0.3 is 5.32 Å². The lowest BCUT2D eigenvalue weighted by Gasteiger charge is -2.29. The van der Waals surface area contributed by atoms with E-state index in [2.05, 4.69) is 26.1 Å². The summed E-state index contributed by atoms with van der Waals surface area (Å²) in [5.74, 6) is 1.92. The molecule has 0 aromatic heterocycles. The normalized spacial score (nSPS) is 39.8. The molecule has 2 aliphatic rings. The molecule has 1 heteroatoms. The van der Waals surface area contributed by atoms with Crippen molar-refractivity contribution in [2.75, 3.05) is 6.54 Å². The van der Waals surface area contributed by atoms with Crippen molar-refractivity contribution in [2.45, 2.75) is 65.3 Å². The largest absolute Gasteiger partial charge is 0.313 e. The molecule has 0 heterocycles. The predicted molar refractivity (Wildman–Crippen MR) is 65.9 cm³/mol. The van der Waals surface area contributed by atoms with Gasteiger partial charge in [-0.3, -0.25) is 0 Å². The van der Waals surface area contributed by atoms with Crippen molar-refractivity contribution in [3.63, 3.8) is 0 Å². The monoisotopic (exact) mass is 209 g/mol. The van der Waals surface area contributed by atoms with Crippen LogP contribution >= 0.6 is 0 Å². The molecule has 88 valence electrons. The summed E-state index contributed by atoms with van der Waals surface area (Å²) in [4.78, 5) is 0. The van der Waals surface area contributed by atoms with Crippen molar-refractivity contribution in [1.29, 1.82) is 0 Å². The summed E-state index contributed by atoms with van der Waals surface area (Å²) in [6.07, 6.45) is 8.60. The number of hydrogen-bond acceptors (Lipinski definition) is 1. The summed E-state index contributed by atoms with van der Waals surface area (Å²) < 4.78 is 0. The molecule has 1 N–H and O–H groups in total. The van der Waals surface area contributed by atoms with Crippen molar-refractivity contribution < 1.29 is 0 Å². The molecule has 3 unspecified atom stereocenters. The standard InChI is InChI=1S/C14H27N/c1-11-6-4-7-12(11)10-15-13-8-5-9-14(13,2)3/h11-13,15H,4-10H2,1-3H3. The summed E-state index contributed by atoms with van der Waals surface area (Å²) in [7, 11) is 0. The molecule has 2 rings (SSSR count). The van der Waals surface area contributed by atoms with E-state index >= 15 is 0 Å². The van der Waals surface area contributed by atoms with Crippen molar-refractivity contribution in [3.8, 4) is 0 Å². The van der Waals surface area contributed by atoms with Gasteiger partial charge in [-0.05, 0) is 43.1 Å². The van der Waals surface area contributed by atoms with Crippen LogP contribution in [-0.2, 0) is 0 Å². The molecule has 0 aromatic rings. The first-order valence-corrected chi connectivity index (χ1v) is 6.83. The van der Waals surface area contributed by atoms with Crippen LogP contribution in [0.25, 0.3) is 0 Å². The number of nitrogens with one attached hydrogen (secondary N) is 1. The zero-order valence-corrected chi connectivity index (χ0v) is 10.7. The smallest absolute Gasteiger partial charge is 0.0118 e. The van der Waals surface area contributed by atoms with E-state index in [-0.39, 0.29) is 0 Å². The molecule has 0 amide bonds. The third-order valence-electron chi connectivity index (χ3n) is 4.92. The third kappa shape index (κ3) is 2.55. The Morgan fingerprint density at radius 2 is 1.93 bits per heavy atom. The average Bonchev–Trinajstić information content (AvgIpc) is 2.69. The third-order valence-corrected chi connectivity index (χ3v) is 4.92. The predicted octanol–water partition coefficient (Wildman–Crippen LogP) is 3.59. The fourth-order valence-corrected chi connectivity index (χ4v) is 3.52. The Morgan fingerprint density at radius 3 is 2.47 bits per heavy atom. The van der Waals surface area contributed by atoms with Gasteiger partial charge in [0, 0.05) is 6.04 Å². The van der Waals surface area contributed by atoms with Gasteiger partial charge in [-0.15, -0.1) is 0 Å². The Morgan fingerprint density at radius 1 is 1.13 bits per heavy atom. The second-order valence-electron chi connectivity index (χ2n) is 6.51. The minimum absolute atomic E-state index is 0.543. The fraction of sp³-hybridized carbons (Fsp3) is 1.00. The highest BCUT2D eigenvalue weighted by Crippen LogP contribution is 2.38. The first kappa shape index (κ1) is 11.4. The maximum atomic E-state index is 3.84. The lowest BCUT2D eigenvalue weighted by Crippen LogP contribution is -2.40. The van der Waals surface area contributed by atoms with Crippen LogP contribution in [0.1, 0.15) is 59.3 Å². The SMILES string of the molecule is CC1CCCC1CNC1CCCC1(C)C. The molecule has 0 aliphatic heterocycles. The molecule has 1 nitrogen and oxygen atoms in total. The Hall–Kier alpha value is -0.0400. The van der Waals surface area contributed by atoms with Gasteiger partial charge in [-0.25, -0.2) is 0 Å². The molecule has 0 aromatic carbocycles. The summed E-state index contributed by atoms with van der Waals surface area (Å²) >= 11 is 0. The minimum Gasteiger partial charge on any atom is -0.313 e. The maximum Gasteiger partial charge on any atom is 0.0118 e. The van der Waals surface area contributed by atoms with Gasteiger partial charge in [0.1, 0.15) is 0 Å². The molecule has 15 heavy (non-hydrogen) atoms. The van der Waals surface area contributed by atoms with E-state index in [0.717, 1.165) is 17.9 Å². The molecule has 0 radical (unpaired) electrons. The quantitative estimate of drug-likeness (QED) is 0.749. The van der Waals surface area contributed by atoms with Crippen LogP contribution in [-0.4, -0.2) is 12.6 Å². The van der Waals surface area contributed by atoms with Crippen molar-refractivity contribution >= 4 is 0 Å². The first-order valence-electron chi connectivity index (χ1n) is 6.83. The molecular weight excluding hydrogens is 182 g/mol. The molecule has 0 saturated heterocycles. The molecule has 3 atom stereocenters. The zero-order chi connectivity index (χ0) is 10.9. The van der Waals surface area contributed by atoms with Gasteiger partial charge in [0.2, 0.25) is 0 Å². The molecular formula is C14H27N. The van der Waals surface area contributed by atoms with E-state index in [9.17, 15) is 0 Å². The van der Waals surface area contributed by atoms with Gasteiger partial charge in [0.25, 0.3) is 0 Å². The van der Waals surface area contributed by atoms with Gasteiger partial charge in [-0.2, -0.15) is 0 Å². The van der Waals surface area contributed by atoms with Crippen LogP contribution in [0.5, 0.6) is 0 Å². The van der Waals surface area contributed by atoms with E-state index in [4.69, 9.17) is 0 Å². The van der Waals surface area contributed by atoms with Crippen LogP contribution in [0.15, 0.2) is 0 Å². The van der Waals surface area contributed by atoms with Gasteiger partial charge in [0.15, 0.2) is 0 Å². The number of rotatable bonds is 3. The highest BCUT2D eigenvalue weighted by atomic mass is 14.9. The summed E-state index contributed by atoms with van der Waals surface area (Å²) in [6, 6.07) is 0.783. The van der Waals surface area contributed by atoms with Gasteiger partial charge in [-0.1, -0.05) is 40.0 Å². The van der Waals surface area contributed by atoms with Gasteiger partial charge in [0.05, 0.1) is 0 Å². The zero-order valence-electron chi connectivity index (χ0n) is 10.7. The van der Waals surface area contributed by atoms with E-state index in [1.54, 1.807) is 0 Å². The highest BCUT2D eigenvalue weighted by molar-refractivity contribution is 4.91. The Kier molecular flexibility index (Phi) is 3.39. The van der Waals surface area contributed by atoms with Crippen LogP contribution in [0.4, 0.5) is 0 Å². The highest BCUT2D eigenvalue weighted by Gasteiger charge is 2.34. The van der Waals surface area contributed by atoms with E-state index < -0.39 is 0 Å². The van der Waals surface area contributed by atoms with Crippen molar-refractivity contribution in [3.05, 3.63) is 0 Å². The lowest BCUT2D eigenvalue weighted by atomic mass is 9.87. The molecule has 2 fully saturated rings. The second kappa shape index (κ2) is 4.45. The Labute approximate surface area is 95.0 Å². The fourth-order valence-electron chi connectivity index (χ4n) is 3.52. The minimum atomic E-state index is 0.543. The average molecular weight is 209 g/mol. The topological polar surface area (TPSA) is 12.0 Å². The van der Waals surface area contributed by atoms with E-state index in [1.165, 1.54) is 45.1 Å². The molecule has 2 saturated carbocycles. The van der Waals surface area contributed by atoms with E-state index in [1.807, 2.05) is 0 Å². The second-order valence-corrected chi connectivity index (χ2v) is 6.51.